The van der Waals surface area contributed by atoms with Crippen LogP contribution in [0.5, 0.6) is 0 Å². The van der Waals surface area contributed by atoms with Gasteiger partial charge in [-0.2, -0.15) is 0 Å². The zero-order valence-corrected chi connectivity index (χ0v) is 13.1. The van der Waals surface area contributed by atoms with Gasteiger partial charge in [-0.05, 0) is 24.3 Å². The smallest absolute Gasteiger partial charge is 0.239 e. The third-order valence-electron chi connectivity index (χ3n) is 3.81. The van der Waals surface area contributed by atoms with Gasteiger partial charge in [0.25, 0.3) is 0 Å². The topological polar surface area (TPSA) is 46.3 Å². The molecule has 0 aromatic heterocycles. The number of carbonyl (C=O) groups excluding carboxylic acids is 1. The third-order valence-corrected chi connectivity index (χ3v) is 3.81. The van der Waals surface area contributed by atoms with Gasteiger partial charge in [-0.15, -0.1) is 12.4 Å². The van der Waals surface area contributed by atoms with Gasteiger partial charge in [0, 0.05) is 19.0 Å². The fraction of sp³-hybridized carbons (Fsp3) is 0.562. The molecule has 1 aliphatic heterocycles. The second kappa shape index (κ2) is 7.65. The van der Waals surface area contributed by atoms with E-state index in [4.69, 9.17) is 5.73 Å². The zero-order chi connectivity index (χ0) is 13.8. The van der Waals surface area contributed by atoms with Gasteiger partial charge < -0.3 is 10.6 Å². The number of halogens is 1. The maximum absolute atomic E-state index is 12.3. The molecule has 1 aliphatic rings. The number of hydrogen-bond acceptors (Lipinski definition) is 2. The first-order chi connectivity index (χ1) is 9.08. The number of rotatable bonds is 4. The van der Waals surface area contributed by atoms with E-state index in [9.17, 15) is 4.79 Å². The Morgan fingerprint density at radius 1 is 1.35 bits per heavy atom. The molecule has 0 saturated carbocycles. The highest BCUT2D eigenvalue weighted by molar-refractivity contribution is 5.85. The van der Waals surface area contributed by atoms with E-state index in [1.165, 1.54) is 5.56 Å². The van der Waals surface area contributed by atoms with Gasteiger partial charge in [-0.1, -0.05) is 44.2 Å². The average molecular weight is 297 g/mol. The van der Waals surface area contributed by atoms with Crippen molar-refractivity contribution in [1.29, 1.82) is 0 Å². The summed E-state index contributed by atoms with van der Waals surface area (Å²) >= 11 is 0. The Kier molecular flexibility index (Phi) is 6.50. The highest BCUT2D eigenvalue weighted by atomic mass is 35.5. The Bertz CT molecular complexity index is 422. The number of hydrogen-bond donors (Lipinski definition) is 1. The Hall–Kier alpha value is -1.06. The molecular formula is C16H25ClN2O. The number of amides is 1. The molecule has 3 nitrogen and oxygen atoms in total. The van der Waals surface area contributed by atoms with E-state index in [1.807, 2.05) is 11.0 Å². The normalized spacial score (nSPS) is 19.8. The lowest BCUT2D eigenvalue weighted by molar-refractivity contribution is -0.131. The van der Waals surface area contributed by atoms with E-state index >= 15 is 0 Å². The maximum Gasteiger partial charge on any atom is 0.239 e. The van der Waals surface area contributed by atoms with Gasteiger partial charge in [0.05, 0.1) is 6.04 Å². The molecule has 2 atom stereocenters. The van der Waals surface area contributed by atoms with Gasteiger partial charge in [-0.25, -0.2) is 0 Å². The van der Waals surface area contributed by atoms with Crippen LogP contribution in [0, 0.1) is 5.92 Å². The summed E-state index contributed by atoms with van der Waals surface area (Å²) in [6, 6.07) is 10.1. The van der Waals surface area contributed by atoms with Crippen LogP contribution in [0.15, 0.2) is 30.3 Å². The molecule has 1 unspecified atom stereocenters. The van der Waals surface area contributed by atoms with Crippen molar-refractivity contribution in [2.45, 2.75) is 38.6 Å². The number of carbonyl (C=O) groups is 1. The highest BCUT2D eigenvalue weighted by Crippen LogP contribution is 2.27. The monoisotopic (exact) mass is 296 g/mol. The van der Waals surface area contributed by atoms with Crippen molar-refractivity contribution in [3.05, 3.63) is 35.9 Å². The summed E-state index contributed by atoms with van der Waals surface area (Å²) in [5.41, 5.74) is 7.32. The van der Waals surface area contributed by atoms with Crippen LogP contribution >= 0.6 is 12.4 Å². The Morgan fingerprint density at radius 3 is 2.60 bits per heavy atom. The van der Waals surface area contributed by atoms with Gasteiger partial charge >= 0.3 is 0 Å². The van der Waals surface area contributed by atoms with Gasteiger partial charge in [-0.3, -0.25) is 4.79 Å². The van der Waals surface area contributed by atoms with Crippen molar-refractivity contribution in [1.82, 2.24) is 4.90 Å². The average Bonchev–Trinajstić information content (AvgIpc) is 2.87. The predicted octanol–water partition coefficient (Wildman–Crippen LogP) is 2.80. The second-order valence-electron chi connectivity index (χ2n) is 5.92. The molecule has 1 amide bonds. The summed E-state index contributed by atoms with van der Waals surface area (Å²) in [7, 11) is 0. The summed E-state index contributed by atoms with van der Waals surface area (Å²) in [6.45, 7) is 5.85. The maximum atomic E-state index is 12.3. The summed E-state index contributed by atoms with van der Waals surface area (Å²) in [6.07, 6.45) is 1.81. The number of benzene rings is 1. The van der Waals surface area contributed by atoms with E-state index < -0.39 is 0 Å². The quantitative estimate of drug-likeness (QED) is 0.929. The summed E-state index contributed by atoms with van der Waals surface area (Å²) in [4.78, 5) is 14.2. The molecule has 1 aromatic carbocycles. The number of nitrogens with zero attached hydrogens (tertiary/aromatic N) is 1. The first-order valence-corrected chi connectivity index (χ1v) is 7.17. The Morgan fingerprint density at radius 2 is 2.00 bits per heavy atom. The van der Waals surface area contributed by atoms with Gasteiger partial charge in [0.15, 0.2) is 0 Å². The molecule has 1 aromatic rings. The molecule has 1 heterocycles. The molecule has 0 spiro atoms. The van der Waals surface area contributed by atoms with E-state index in [2.05, 4.69) is 38.1 Å². The lowest BCUT2D eigenvalue weighted by Gasteiger charge is -2.22. The van der Waals surface area contributed by atoms with Crippen LogP contribution in [0.25, 0.3) is 0 Å². The van der Waals surface area contributed by atoms with Crippen LogP contribution in [-0.4, -0.2) is 29.9 Å². The molecule has 0 radical (unpaired) electrons. The van der Waals surface area contributed by atoms with Crippen molar-refractivity contribution in [3.63, 3.8) is 0 Å². The van der Waals surface area contributed by atoms with Crippen molar-refractivity contribution in [2.24, 2.45) is 11.7 Å². The summed E-state index contributed by atoms with van der Waals surface area (Å²) in [5.74, 6) is 1.05. The minimum atomic E-state index is -0.338. The van der Waals surface area contributed by atoms with Crippen LogP contribution in [0.1, 0.15) is 38.2 Å². The minimum absolute atomic E-state index is 0. The highest BCUT2D eigenvalue weighted by Gasteiger charge is 2.30. The lowest BCUT2D eigenvalue weighted by atomic mass is 9.99. The first-order valence-electron chi connectivity index (χ1n) is 7.17. The van der Waals surface area contributed by atoms with Crippen LogP contribution in [0.3, 0.4) is 0 Å². The van der Waals surface area contributed by atoms with Crippen molar-refractivity contribution < 1.29 is 4.79 Å². The number of likely N-dealkylation sites (tertiary alicyclic amines) is 1. The fourth-order valence-electron chi connectivity index (χ4n) is 2.80. The fourth-order valence-corrected chi connectivity index (χ4v) is 2.80. The molecule has 0 aliphatic carbocycles. The second-order valence-corrected chi connectivity index (χ2v) is 5.92. The van der Waals surface area contributed by atoms with E-state index in [0.717, 1.165) is 25.9 Å². The van der Waals surface area contributed by atoms with Crippen molar-refractivity contribution in [2.75, 3.05) is 13.1 Å². The largest absolute Gasteiger partial charge is 0.341 e. The molecule has 4 heteroatoms. The third kappa shape index (κ3) is 4.22. The zero-order valence-electron chi connectivity index (χ0n) is 12.3. The molecular weight excluding hydrogens is 272 g/mol. The molecule has 1 fully saturated rings. The standard InChI is InChI=1S/C16H24N2O.ClH/c1-12(2)10-15(17)16(19)18-9-8-14(11-18)13-6-4-3-5-7-13;/h3-7,12,14-15H,8-11,17H2,1-2H3;1H/t14?,15-;/m0./s1. The summed E-state index contributed by atoms with van der Waals surface area (Å²) < 4.78 is 0. The van der Waals surface area contributed by atoms with Gasteiger partial charge in [0.2, 0.25) is 5.91 Å². The number of nitrogens with two attached hydrogens (primary N) is 1. The van der Waals surface area contributed by atoms with Crippen molar-refractivity contribution >= 4 is 18.3 Å². The van der Waals surface area contributed by atoms with Crippen LogP contribution in [0.4, 0.5) is 0 Å². The van der Waals surface area contributed by atoms with E-state index in [0.29, 0.717) is 11.8 Å². The molecule has 2 N–H and O–H groups in total. The Balaban J connectivity index is 0.00000200. The van der Waals surface area contributed by atoms with Crippen LogP contribution in [0.2, 0.25) is 0 Å². The van der Waals surface area contributed by atoms with E-state index in [1.54, 1.807) is 0 Å². The predicted molar refractivity (Wildman–Crippen MR) is 85.1 cm³/mol. The molecule has 1 saturated heterocycles. The van der Waals surface area contributed by atoms with E-state index in [-0.39, 0.29) is 24.4 Å². The first kappa shape index (κ1) is 17.0. The molecule has 0 bridgehead atoms. The van der Waals surface area contributed by atoms with Crippen LogP contribution in [-0.2, 0) is 4.79 Å². The lowest BCUT2D eigenvalue weighted by Crippen LogP contribution is -2.43. The SMILES string of the molecule is CC(C)C[C@H](N)C(=O)N1CCC(c2ccccc2)C1.Cl. The summed E-state index contributed by atoms with van der Waals surface area (Å²) in [5, 5.41) is 0. The molecule has 2 rings (SSSR count). The van der Waals surface area contributed by atoms with Crippen molar-refractivity contribution in [3.8, 4) is 0 Å². The minimum Gasteiger partial charge on any atom is -0.341 e. The Labute approximate surface area is 127 Å². The molecule has 20 heavy (non-hydrogen) atoms. The van der Waals surface area contributed by atoms with Crippen LogP contribution < -0.4 is 5.73 Å². The van der Waals surface area contributed by atoms with Gasteiger partial charge in [0.1, 0.15) is 0 Å². The molecule has 112 valence electrons.